The summed E-state index contributed by atoms with van der Waals surface area (Å²) in [6.07, 6.45) is -0.253. The van der Waals surface area contributed by atoms with Gasteiger partial charge in [0.1, 0.15) is 5.82 Å². The molecule has 6 nitrogen and oxygen atoms in total. The number of anilines is 1. The quantitative estimate of drug-likeness (QED) is 0.842. The van der Waals surface area contributed by atoms with Crippen LogP contribution in [0.15, 0.2) is 12.1 Å². The number of nitrogens with zero attached hydrogens (tertiary/aromatic N) is 3. The number of pyridine rings is 1. The molecule has 1 fully saturated rings. The molecule has 0 aliphatic carbocycles. The molecule has 1 amide bonds. The van der Waals surface area contributed by atoms with Crippen molar-refractivity contribution in [2.24, 2.45) is 0 Å². The number of carbonyl (C=O) groups excluding carboxylic acids is 1. The van der Waals surface area contributed by atoms with Crippen LogP contribution in [-0.4, -0.2) is 58.8 Å². The number of thiocarbonyl (C=S) groups is 1. The molecule has 0 spiro atoms. The van der Waals surface area contributed by atoms with Crippen LogP contribution in [0.2, 0.25) is 0 Å². The van der Waals surface area contributed by atoms with Gasteiger partial charge in [-0.3, -0.25) is 0 Å². The van der Waals surface area contributed by atoms with Gasteiger partial charge in [-0.2, -0.15) is 0 Å². The molecule has 0 unspecified atom stereocenters. The van der Waals surface area contributed by atoms with E-state index in [0.29, 0.717) is 37.9 Å². The van der Waals surface area contributed by atoms with Crippen molar-refractivity contribution in [2.45, 2.75) is 20.8 Å². The number of carbonyl (C=O) groups is 1. The number of nitrogens with one attached hydrogen (secondary N) is 1. The van der Waals surface area contributed by atoms with Crippen LogP contribution in [-0.2, 0) is 4.74 Å². The lowest BCUT2D eigenvalue weighted by Gasteiger charge is -2.35. The Morgan fingerprint density at radius 1 is 1.27 bits per heavy atom. The molecule has 0 radical (unpaired) electrons. The van der Waals surface area contributed by atoms with E-state index in [-0.39, 0.29) is 6.09 Å². The van der Waals surface area contributed by atoms with E-state index in [1.165, 1.54) is 0 Å². The minimum Gasteiger partial charge on any atom is -0.450 e. The van der Waals surface area contributed by atoms with Crippen molar-refractivity contribution in [3.63, 3.8) is 0 Å². The summed E-state index contributed by atoms with van der Waals surface area (Å²) in [5.41, 5.74) is 2.10. The Hall–Kier alpha value is -1.89. The van der Waals surface area contributed by atoms with Crippen LogP contribution in [0.25, 0.3) is 0 Å². The fourth-order valence-electron chi connectivity index (χ4n) is 2.40. The monoisotopic (exact) mass is 322 g/mol. The van der Waals surface area contributed by atoms with E-state index in [2.05, 4.69) is 10.3 Å². The van der Waals surface area contributed by atoms with E-state index in [9.17, 15) is 4.79 Å². The molecule has 120 valence electrons. The third-order valence-corrected chi connectivity index (χ3v) is 3.79. The van der Waals surface area contributed by atoms with Gasteiger partial charge in [0, 0.05) is 31.9 Å². The van der Waals surface area contributed by atoms with Crippen molar-refractivity contribution in [1.82, 2.24) is 14.8 Å². The first-order valence-electron chi connectivity index (χ1n) is 7.42. The maximum absolute atomic E-state index is 11.7. The van der Waals surface area contributed by atoms with E-state index in [0.717, 1.165) is 17.1 Å². The predicted octanol–water partition coefficient (Wildman–Crippen LogP) is 2.17. The second-order valence-electron chi connectivity index (χ2n) is 5.27. The predicted molar refractivity (Wildman–Crippen MR) is 90.1 cm³/mol. The van der Waals surface area contributed by atoms with Gasteiger partial charge >= 0.3 is 6.09 Å². The Morgan fingerprint density at radius 2 is 1.91 bits per heavy atom. The number of piperazine rings is 1. The van der Waals surface area contributed by atoms with Crippen LogP contribution in [0.5, 0.6) is 0 Å². The van der Waals surface area contributed by atoms with Crippen molar-refractivity contribution in [1.29, 1.82) is 0 Å². The van der Waals surface area contributed by atoms with E-state index in [1.807, 2.05) is 37.8 Å². The number of hydrogen-bond acceptors (Lipinski definition) is 4. The second-order valence-corrected chi connectivity index (χ2v) is 5.66. The van der Waals surface area contributed by atoms with Gasteiger partial charge in [-0.25, -0.2) is 9.78 Å². The smallest absolute Gasteiger partial charge is 0.409 e. The highest BCUT2D eigenvalue weighted by atomic mass is 32.1. The fourth-order valence-corrected chi connectivity index (χ4v) is 2.69. The highest BCUT2D eigenvalue weighted by molar-refractivity contribution is 7.80. The second kappa shape index (κ2) is 7.40. The van der Waals surface area contributed by atoms with Crippen molar-refractivity contribution in [2.75, 3.05) is 38.1 Å². The van der Waals surface area contributed by atoms with Crippen LogP contribution >= 0.6 is 12.2 Å². The van der Waals surface area contributed by atoms with Crippen molar-refractivity contribution in [3.05, 3.63) is 23.4 Å². The first kappa shape index (κ1) is 16.5. The highest BCUT2D eigenvalue weighted by Gasteiger charge is 2.23. The average molecular weight is 322 g/mol. The number of ether oxygens (including phenoxy) is 1. The molecule has 0 bridgehead atoms. The first-order valence-corrected chi connectivity index (χ1v) is 7.83. The van der Waals surface area contributed by atoms with E-state index < -0.39 is 0 Å². The van der Waals surface area contributed by atoms with Gasteiger partial charge in [0.15, 0.2) is 5.11 Å². The molecule has 1 saturated heterocycles. The Labute approximate surface area is 136 Å². The lowest BCUT2D eigenvalue weighted by molar-refractivity contribution is 0.0923. The van der Waals surface area contributed by atoms with Crippen LogP contribution in [0.4, 0.5) is 10.6 Å². The van der Waals surface area contributed by atoms with Gasteiger partial charge < -0.3 is 19.9 Å². The summed E-state index contributed by atoms with van der Waals surface area (Å²) >= 11 is 5.44. The summed E-state index contributed by atoms with van der Waals surface area (Å²) in [6, 6.07) is 3.99. The Morgan fingerprint density at radius 3 is 2.50 bits per heavy atom. The van der Waals surface area contributed by atoms with E-state index >= 15 is 0 Å². The van der Waals surface area contributed by atoms with Gasteiger partial charge in [0.05, 0.1) is 6.61 Å². The number of amides is 1. The molecule has 0 atom stereocenters. The molecule has 1 aliphatic rings. The molecule has 0 saturated carbocycles. The normalized spacial score (nSPS) is 14.7. The van der Waals surface area contributed by atoms with Crippen molar-refractivity contribution in [3.8, 4) is 0 Å². The summed E-state index contributed by atoms with van der Waals surface area (Å²) in [7, 11) is 0. The van der Waals surface area contributed by atoms with E-state index in [1.54, 1.807) is 4.90 Å². The highest BCUT2D eigenvalue weighted by Crippen LogP contribution is 2.11. The molecule has 0 aromatic carbocycles. The van der Waals surface area contributed by atoms with Crippen LogP contribution in [0, 0.1) is 13.8 Å². The lowest BCUT2D eigenvalue weighted by atomic mass is 10.2. The molecule has 2 rings (SSSR count). The average Bonchev–Trinajstić information content (AvgIpc) is 2.46. The maximum atomic E-state index is 11.7. The van der Waals surface area contributed by atoms with Crippen LogP contribution in [0.3, 0.4) is 0 Å². The van der Waals surface area contributed by atoms with Crippen molar-refractivity contribution < 1.29 is 9.53 Å². The topological polar surface area (TPSA) is 57.7 Å². The largest absolute Gasteiger partial charge is 0.450 e. The molecule has 7 heteroatoms. The molecule has 1 aromatic rings. The minimum absolute atomic E-state index is 0.253. The molecule has 1 N–H and O–H groups in total. The SMILES string of the molecule is CCOC(=O)N1CCN(C(=S)Nc2cc(C)cc(C)n2)CC1. The summed E-state index contributed by atoms with van der Waals surface area (Å²) in [6.45, 7) is 8.80. The molecule has 22 heavy (non-hydrogen) atoms. The van der Waals surface area contributed by atoms with Crippen molar-refractivity contribution >= 4 is 29.2 Å². The number of aryl methyl sites for hydroxylation is 2. The molecule has 2 heterocycles. The number of rotatable bonds is 2. The number of hydrogen-bond donors (Lipinski definition) is 1. The van der Waals surface area contributed by atoms with Gasteiger partial charge in [0.25, 0.3) is 0 Å². The zero-order chi connectivity index (χ0) is 16.1. The standard InChI is InChI=1S/C15H22N4O2S/c1-4-21-15(20)19-7-5-18(6-8-19)14(22)17-13-10-11(2)9-12(3)16-13/h9-10H,4-8H2,1-3H3,(H,16,17,22). The van der Waals surface area contributed by atoms with Crippen LogP contribution < -0.4 is 5.32 Å². The fraction of sp³-hybridized carbons (Fsp3) is 0.533. The summed E-state index contributed by atoms with van der Waals surface area (Å²) < 4.78 is 5.01. The van der Waals surface area contributed by atoms with Crippen LogP contribution in [0.1, 0.15) is 18.2 Å². The summed E-state index contributed by atoms with van der Waals surface area (Å²) in [5.74, 6) is 0.760. The molecule has 1 aromatic heterocycles. The van der Waals surface area contributed by atoms with Gasteiger partial charge in [0.2, 0.25) is 0 Å². The third kappa shape index (κ3) is 4.30. The van der Waals surface area contributed by atoms with Gasteiger partial charge in [-0.05, 0) is 50.7 Å². The summed E-state index contributed by atoms with van der Waals surface area (Å²) in [4.78, 5) is 19.8. The Bertz CT molecular complexity index is 536. The Kier molecular flexibility index (Phi) is 5.54. The zero-order valence-electron chi connectivity index (χ0n) is 13.3. The van der Waals surface area contributed by atoms with E-state index in [4.69, 9.17) is 17.0 Å². The van der Waals surface area contributed by atoms with Gasteiger partial charge in [-0.1, -0.05) is 0 Å². The van der Waals surface area contributed by atoms with Gasteiger partial charge in [-0.15, -0.1) is 0 Å². The summed E-state index contributed by atoms with van der Waals surface area (Å²) in [5, 5.41) is 3.81. The molecular weight excluding hydrogens is 300 g/mol. The maximum Gasteiger partial charge on any atom is 0.409 e. The first-order chi connectivity index (χ1) is 10.5. The number of aromatic nitrogens is 1. The zero-order valence-corrected chi connectivity index (χ0v) is 14.1. The third-order valence-electron chi connectivity index (χ3n) is 3.43. The lowest BCUT2D eigenvalue weighted by Crippen LogP contribution is -2.51. The molecular formula is C15H22N4O2S. The Balaban J connectivity index is 1.88. The molecule has 1 aliphatic heterocycles. The minimum atomic E-state index is -0.253.